The van der Waals surface area contributed by atoms with Gasteiger partial charge in [-0.05, 0) is 56.7 Å². The van der Waals surface area contributed by atoms with Crippen molar-refractivity contribution in [3.63, 3.8) is 0 Å². The molecule has 0 aliphatic heterocycles. The Morgan fingerprint density at radius 3 is 2.77 bits per heavy atom. The van der Waals surface area contributed by atoms with Crippen LogP contribution in [0.4, 0.5) is 5.69 Å². The van der Waals surface area contributed by atoms with Gasteiger partial charge in [-0.2, -0.15) is 5.10 Å². The van der Waals surface area contributed by atoms with Crippen LogP contribution in [0.3, 0.4) is 0 Å². The van der Waals surface area contributed by atoms with E-state index in [9.17, 15) is 0 Å². The summed E-state index contributed by atoms with van der Waals surface area (Å²) in [7, 11) is 0. The standard InChI is InChI=1S/C17H18BrClN2O/c1-11(2)22-17-8-7-14(18)9-13(17)10-20-21-16-6-4-5-15(19)12(16)3/h4-11,21H,1-3H3. The Balaban J connectivity index is 2.19. The van der Waals surface area contributed by atoms with Gasteiger partial charge in [-0.15, -0.1) is 0 Å². The molecular weight excluding hydrogens is 364 g/mol. The number of rotatable bonds is 5. The molecule has 0 bridgehead atoms. The van der Waals surface area contributed by atoms with Crippen LogP contribution in [-0.2, 0) is 0 Å². The summed E-state index contributed by atoms with van der Waals surface area (Å²) in [5.74, 6) is 0.798. The third kappa shape index (κ3) is 4.49. The molecule has 0 amide bonds. The number of anilines is 1. The predicted molar refractivity (Wildman–Crippen MR) is 97.3 cm³/mol. The molecule has 22 heavy (non-hydrogen) atoms. The van der Waals surface area contributed by atoms with Crippen LogP contribution in [0.2, 0.25) is 5.02 Å². The molecule has 1 N–H and O–H groups in total. The topological polar surface area (TPSA) is 33.6 Å². The zero-order valence-electron chi connectivity index (χ0n) is 12.7. The first-order valence-electron chi connectivity index (χ1n) is 6.98. The van der Waals surface area contributed by atoms with Gasteiger partial charge in [0.25, 0.3) is 0 Å². The molecular formula is C17H18BrClN2O. The second kappa shape index (κ2) is 7.65. The van der Waals surface area contributed by atoms with E-state index in [4.69, 9.17) is 16.3 Å². The summed E-state index contributed by atoms with van der Waals surface area (Å²) in [5, 5.41) is 5.00. The van der Waals surface area contributed by atoms with Crippen molar-refractivity contribution in [2.24, 2.45) is 5.10 Å². The maximum absolute atomic E-state index is 6.09. The third-order valence-corrected chi connectivity index (χ3v) is 3.89. The number of hydrogen-bond acceptors (Lipinski definition) is 3. The maximum atomic E-state index is 6.09. The first kappa shape index (κ1) is 16.8. The Labute approximate surface area is 144 Å². The van der Waals surface area contributed by atoms with Crippen LogP contribution in [0.15, 0.2) is 46.0 Å². The van der Waals surface area contributed by atoms with Crippen LogP contribution in [0, 0.1) is 6.92 Å². The Hall–Kier alpha value is -1.52. The van der Waals surface area contributed by atoms with E-state index in [1.165, 1.54) is 0 Å². The maximum Gasteiger partial charge on any atom is 0.128 e. The van der Waals surface area contributed by atoms with Crippen molar-refractivity contribution in [2.45, 2.75) is 26.9 Å². The van der Waals surface area contributed by atoms with Crippen molar-refractivity contribution in [3.05, 3.63) is 57.0 Å². The monoisotopic (exact) mass is 380 g/mol. The van der Waals surface area contributed by atoms with Crippen LogP contribution >= 0.6 is 27.5 Å². The van der Waals surface area contributed by atoms with E-state index >= 15 is 0 Å². The molecule has 116 valence electrons. The molecule has 0 aliphatic carbocycles. The number of nitrogens with one attached hydrogen (secondary N) is 1. The van der Waals surface area contributed by atoms with Crippen molar-refractivity contribution in [1.82, 2.24) is 0 Å². The molecule has 0 saturated heterocycles. The van der Waals surface area contributed by atoms with E-state index in [1.54, 1.807) is 6.21 Å². The Kier molecular flexibility index (Phi) is 5.86. The molecule has 0 radical (unpaired) electrons. The molecule has 0 aliphatic rings. The lowest BCUT2D eigenvalue weighted by Crippen LogP contribution is -2.07. The van der Waals surface area contributed by atoms with Crippen molar-refractivity contribution < 1.29 is 4.74 Å². The van der Waals surface area contributed by atoms with Crippen molar-refractivity contribution in [1.29, 1.82) is 0 Å². The minimum Gasteiger partial charge on any atom is -0.490 e. The molecule has 0 heterocycles. The molecule has 0 spiro atoms. The molecule has 0 fully saturated rings. The highest BCUT2D eigenvalue weighted by molar-refractivity contribution is 9.10. The largest absolute Gasteiger partial charge is 0.490 e. The molecule has 0 aromatic heterocycles. The van der Waals surface area contributed by atoms with Gasteiger partial charge < -0.3 is 4.74 Å². The number of halogens is 2. The SMILES string of the molecule is Cc1c(Cl)cccc1NN=Cc1cc(Br)ccc1OC(C)C. The van der Waals surface area contributed by atoms with Crippen molar-refractivity contribution in [3.8, 4) is 5.75 Å². The number of hydrogen-bond donors (Lipinski definition) is 1. The summed E-state index contributed by atoms with van der Waals surface area (Å²) in [6, 6.07) is 11.5. The summed E-state index contributed by atoms with van der Waals surface area (Å²) in [6.45, 7) is 5.94. The average molecular weight is 382 g/mol. The van der Waals surface area contributed by atoms with Crippen LogP contribution < -0.4 is 10.2 Å². The van der Waals surface area contributed by atoms with Crippen LogP contribution in [0.25, 0.3) is 0 Å². The summed E-state index contributed by atoms with van der Waals surface area (Å²) in [5.41, 5.74) is 5.76. The lowest BCUT2D eigenvalue weighted by atomic mass is 10.2. The molecule has 2 aromatic carbocycles. The van der Waals surface area contributed by atoms with Crippen molar-refractivity contribution >= 4 is 39.4 Å². The predicted octanol–water partition coefficient (Wildman–Crippen LogP) is 5.64. The van der Waals surface area contributed by atoms with Gasteiger partial charge in [-0.1, -0.05) is 33.6 Å². The van der Waals surface area contributed by atoms with Gasteiger partial charge in [0.05, 0.1) is 18.0 Å². The van der Waals surface area contributed by atoms with E-state index < -0.39 is 0 Å². The average Bonchev–Trinajstić information content (AvgIpc) is 2.46. The molecule has 0 atom stereocenters. The first-order valence-corrected chi connectivity index (χ1v) is 8.15. The second-order valence-corrected chi connectivity index (χ2v) is 6.45. The highest BCUT2D eigenvalue weighted by atomic mass is 79.9. The van der Waals surface area contributed by atoms with Gasteiger partial charge in [-0.25, -0.2) is 0 Å². The molecule has 0 saturated carbocycles. The number of benzene rings is 2. The summed E-state index contributed by atoms with van der Waals surface area (Å²) < 4.78 is 6.76. The first-order chi connectivity index (χ1) is 10.5. The van der Waals surface area contributed by atoms with E-state index in [-0.39, 0.29) is 6.10 Å². The Morgan fingerprint density at radius 2 is 2.05 bits per heavy atom. The van der Waals surface area contributed by atoms with Crippen LogP contribution in [0.1, 0.15) is 25.0 Å². The zero-order valence-corrected chi connectivity index (χ0v) is 15.1. The number of nitrogens with zero attached hydrogens (tertiary/aromatic N) is 1. The fourth-order valence-corrected chi connectivity index (χ4v) is 2.43. The van der Waals surface area contributed by atoms with Crippen LogP contribution in [0.5, 0.6) is 5.75 Å². The molecule has 5 heteroatoms. The Bertz CT molecular complexity index is 686. The summed E-state index contributed by atoms with van der Waals surface area (Å²) >= 11 is 9.56. The highest BCUT2D eigenvalue weighted by Crippen LogP contribution is 2.24. The van der Waals surface area contributed by atoms with Gasteiger partial charge >= 0.3 is 0 Å². The smallest absolute Gasteiger partial charge is 0.128 e. The molecule has 2 rings (SSSR count). The minimum atomic E-state index is 0.108. The van der Waals surface area contributed by atoms with E-state index in [2.05, 4.69) is 26.5 Å². The molecule has 0 unspecified atom stereocenters. The van der Waals surface area contributed by atoms with Crippen LogP contribution in [-0.4, -0.2) is 12.3 Å². The lowest BCUT2D eigenvalue weighted by Gasteiger charge is -2.12. The molecule has 3 nitrogen and oxygen atoms in total. The fraction of sp³-hybridized carbons (Fsp3) is 0.235. The van der Waals surface area contributed by atoms with Gasteiger partial charge in [0.1, 0.15) is 5.75 Å². The van der Waals surface area contributed by atoms with Gasteiger partial charge in [0.2, 0.25) is 0 Å². The third-order valence-electron chi connectivity index (χ3n) is 2.99. The lowest BCUT2D eigenvalue weighted by molar-refractivity contribution is 0.242. The van der Waals surface area contributed by atoms with E-state index in [0.29, 0.717) is 5.02 Å². The Morgan fingerprint density at radius 1 is 1.27 bits per heavy atom. The quantitative estimate of drug-likeness (QED) is 0.537. The fourth-order valence-electron chi connectivity index (χ4n) is 1.88. The van der Waals surface area contributed by atoms with Gasteiger partial charge in [0, 0.05) is 15.1 Å². The zero-order chi connectivity index (χ0) is 16.1. The second-order valence-electron chi connectivity index (χ2n) is 5.13. The van der Waals surface area contributed by atoms with Gasteiger partial charge in [0.15, 0.2) is 0 Å². The van der Waals surface area contributed by atoms with Crippen molar-refractivity contribution in [2.75, 3.05) is 5.43 Å². The summed E-state index contributed by atoms with van der Waals surface area (Å²) in [6.07, 6.45) is 1.85. The van der Waals surface area contributed by atoms with Gasteiger partial charge in [-0.3, -0.25) is 5.43 Å². The minimum absolute atomic E-state index is 0.108. The normalized spacial score (nSPS) is 11.2. The highest BCUT2D eigenvalue weighted by Gasteiger charge is 2.05. The molecule has 2 aromatic rings. The van der Waals surface area contributed by atoms with E-state index in [0.717, 1.165) is 27.0 Å². The number of hydrazone groups is 1. The summed E-state index contributed by atoms with van der Waals surface area (Å²) in [4.78, 5) is 0. The number of ether oxygens (including phenoxy) is 1. The van der Waals surface area contributed by atoms with E-state index in [1.807, 2.05) is 57.2 Å².